The van der Waals surface area contributed by atoms with E-state index < -0.39 is 29.8 Å². The van der Waals surface area contributed by atoms with Gasteiger partial charge in [-0.1, -0.05) is 12.1 Å². The molecule has 0 saturated heterocycles. The fourth-order valence-corrected chi connectivity index (χ4v) is 4.77. The quantitative estimate of drug-likeness (QED) is 0.457. The van der Waals surface area contributed by atoms with Crippen LogP contribution in [0.25, 0.3) is 0 Å². The van der Waals surface area contributed by atoms with E-state index in [4.69, 9.17) is 9.84 Å². The van der Waals surface area contributed by atoms with E-state index in [2.05, 4.69) is 10.6 Å². The van der Waals surface area contributed by atoms with Crippen LogP contribution in [0.5, 0.6) is 0 Å². The zero-order valence-electron chi connectivity index (χ0n) is 20.0. The molecule has 0 bridgehead atoms. The Labute approximate surface area is 211 Å². The van der Waals surface area contributed by atoms with Gasteiger partial charge in [-0.2, -0.15) is 13.2 Å². The minimum Gasteiger partial charge on any atom is -0.481 e. The number of carbonyl (C=O) groups is 3. The van der Waals surface area contributed by atoms with Crippen LogP contribution in [0.1, 0.15) is 48.8 Å². The second kappa shape index (κ2) is 11.1. The molecule has 0 aromatic heterocycles. The van der Waals surface area contributed by atoms with Crippen LogP contribution in [0.15, 0.2) is 42.5 Å². The SMILES string of the molecule is O=C(O)C[C@H]1CC[C@H](OC(=O)N2CCc3cc(NC(=O)Nc4cccc(C(F)(F)F)c4)ccc3C2)CC1. The first kappa shape index (κ1) is 26.3. The van der Waals surface area contributed by atoms with Crippen molar-refractivity contribution >= 4 is 29.5 Å². The third-order valence-corrected chi connectivity index (χ3v) is 6.71. The molecule has 1 heterocycles. The number of nitrogens with zero attached hydrogens (tertiary/aromatic N) is 1. The molecule has 1 aliphatic heterocycles. The summed E-state index contributed by atoms with van der Waals surface area (Å²) in [5.41, 5.74) is 1.52. The van der Waals surface area contributed by atoms with Crippen molar-refractivity contribution < 1.29 is 37.4 Å². The molecular formula is C26H28F3N3O5. The summed E-state index contributed by atoms with van der Waals surface area (Å²) in [5, 5.41) is 14.0. The summed E-state index contributed by atoms with van der Waals surface area (Å²) in [7, 11) is 0. The maximum Gasteiger partial charge on any atom is 0.416 e. The van der Waals surface area contributed by atoms with Crippen LogP contribution in [0.2, 0.25) is 0 Å². The number of amides is 3. The monoisotopic (exact) mass is 519 g/mol. The number of carboxylic acid groups (broad SMARTS) is 1. The molecule has 11 heteroatoms. The number of anilines is 2. The van der Waals surface area contributed by atoms with Gasteiger partial charge in [-0.3, -0.25) is 4.79 Å². The largest absolute Gasteiger partial charge is 0.481 e. The molecule has 3 amide bonds. The van der Waals surface area contributed by atoms with Gasteiger partial charge in [-0.25, -0.2) is 9.59 Å². The fourth-order valence-electron chi connectivity index (χ4n) is 4.77. The highest BCUT2D eigenvalue weighted by Crippen LogP contribution is 2.31. The Morgan fingerprint density at radius 3 is 2.35 bits per heavy atom. The number of rotatable bonds is 5. The normalized spacial score (nSPS) is 19.5. The smallest absolute Gasteiger partial charge is 0.416 e. The Bertz CT molecular complexity index is 1160. The minimum atomic E-state index is -4.51. The fraction of sp³-hybridized carbons (Fsp3) is 0.423. The summed E-state index contributed by atoms with van der Waals surface area (Å²) in [6.45, 7) is 0.805. The number of fused-ring (bicyclic) bond motifs is 1. The van der Waals surface area contributed by atoms with Crippen LogP contribution >= 0.6 is 0 Å². The van der Waals surface area contributed by atoms with Crippen molar-refractivity contribution in [2.75, 3.05) is 17.2 Å². The van der Waals surface area contributed by atoms with Crippen molar-refractivity contribution in [1.29, 1.82) is 0 Å². The van der Waals surface area contributed by atoms with Crippen LogP contribution in [-0.2, 0) is 28.7 Å². The second-order valence-corrected chi connectivity index (χ2v) is 9.44. The highest BCUT2D eigenvalue weighted by Gasteiger charge is 2.31. The van der Waals surface area contributed by atoms with Gasteiger partial charge in [-0.05, 0) is 79.5 Å². The Morgan fingerprint density at radius 1 is 0.973 bits per heavy atom. The minimum absolute atomic E-state index is 0.0230. The summed E-state index contributed by atoms with van der Waals surface area (Å²) in [6.07, 6.45) is -1.63. The third-order valence-electron chi connectivity index (χ3n) is 6.71. The molecule has 1 fully saturated rings. The van der Waals surface area contributed by atoms with Crippen LogP contribution in [0.3, 0.4) is 0 Å². The molecular weight excluding hydrogens is 491 g/mol. The lowest BCUT2D eigenvalue weighted by atomic mass is 9.85. The van der Waals surface area contributed by atoms with E-state index in [0.29, 0.717) is 38.0 Å². The van der Waals surface area contributed by atoms with E-state index in [1.807, 2.05) is 0 Å². The van der Waals surface area contributed by atoms with Gasteiger partial charge in [0.25, 0.3) is 0 Å². The Morgan fingerprint density at radius 2 is 1.68 bits per heavy atom. The Hall–Kier alpha value is -3.76. The van der Waals surface area contributed by atoms with E-state index in [1.54, 1.807) is 23.1 Å². The van der Waals surface area contributed by atoms with E-state index in [-0.39, 0.29) is 24.1 Å². The number of alkyl halides is 3. The number of aliphatic carboxylic acids is 1. The summed E-state index contributed by atoms with van der Waals surface area (Å²) < 4.78 is 44.3. The molecule has 2 aliphatic rings. The summed E-state index contributed by atoms with van der Waals surface area (Å²) in [5.74, 6) is -0.675. The van der Waals surface area contributed by atoms with Crippen LogP contribution in [-0.4, -0.2) is 40.7 Å². The number of halogens is 3. The number of ether oxygens (including phenoxy) is 1. The van der Waals surface area contributed by atoms with E-state index in [0.717, 1.165) is 36.1 Å². The molecule has 1 saturated carbocycles. The molecule has 0 spiro atoms. The van der Waals surface area contributed by atoms with Crippen molar-refractivity contribution in [2.24, 2.45) is 5.92 Å². The molecule has 2 aromatic rings. The Kier molecular flexibility index (Phi) is 7.89. The maximum absolute atomic E-state index is 12.9. The highest BCUT2D eigenvalue weighted by atomic mass is 19.4. The molecule has 3 N–H and O–H groups in total. The third kappa shape index (κ3) is 7.14. The van der Waals surface area contributed by atoms with Gasteiger partial charge in [-0.15, -0.1) is 0 Å². The lowest BCUT2D eigenvalue weighted by Crippen LogP contribution is -2.39. The molecule has 4 rings (SSSR count). The number of carbonyl (C=O) groups excluding carboxylic acids is 2. The maximum atomic E-state index is 12.9. The van der Waals surface area contributed by atoms with Crippen molar-refractivity contribution in [3.63, 3.8) is 0 Å². The topological polar surface area (TPSA) is 108 Å². The van der Waals surface area contributed by atoms with E-state index in [9.17, 15) is 27.6 Å². The predicted molar refractivity (Wildman–Crippen MR) is 129 cm³/mol. The second-order valence-electron chi connectivity index (χ2n) is 9.44. The van der Waals surface area contributed by atoms with Gasteiger partial charge in [0.2, 0.25) is 0 Å². The van der Waals surface area contributed by atoms with Gasteiger partial charge in [0.05, 0.1) is 5.56 Å². The van der Waals surface area contributed by atoms with Crippen LogP contribution in [0, 0.1) is 5.92 Å². The van der Waals surface area contributed by atoms with Gasteiger partial charge in [0, 0.05) is 30.9 Å². The molecule has 0 atom stereocenters. The number of benzene rings is 2. The first-order valence-corrected chi connectivity index (χ1v) is 12.1. The van der Waals surface area contributed by atoms with Gasteiger partial charge in [0.1, 0.15) is 6.10 Å². The van der Waals surface area contributed by atoms with E-state index >= 15 is 0 Å². The van der Waals surface area contributed by atoms with Crippen LogP contribution in [0.4, 0.5) is 34.1 Å². The first-order valence-electron chi connectivity index (χ1n) is 12.1. The van der Waals surface area contributed by atoms with Crippen molar-refractivity contribution in [3.05, 3.63) is 59.2 Å². The average Bonchev–Trinajstić information content (AvgIpc) is 2.84. The zero-order chi connectivity index (χ0) is 26.6. The molecule has 8 nitrogen and oxygen atoms in total. The number of urea groups is 1. The van der Waals surface area contributed by atoms with Crippen LogP contribution < -0.4 is 10.6 Å². The summed E-state index contributed by atoms with van der Waals surface area (Å²) >= 11 is 0. The van der Waals surface area contributed by atoms with Crippen molar-refractivity contribution in [2.45, 2.75) is 57.3 Å². The number of carboxylic acids is 1. The Balaban J connectivity index is 1.28. The van der Waals surface area contributed by atoms with Gasteiger partial charge >= 0.3 is 24.3 Å². The van der Waals surface area contributed by atoms with Crippen molar-refractivity contribution in [1.82, 2.24) is 4.90 Å². The van der Waals surface area contributed by atoms with Gasteiger partial charge in [0.15, 0.2) is 0 Å². The highest BCUT2D eigenvalue weighted by molar-refractivity contribution is 5.99. The zero-order valence-corrected chi connectivity index (χ0v) is 20.0. The summed E-state index contributed by atoms with van der Waals surface area (Å²) in [4.78, 5) is 37.5. The lowest BCUT2D eigenvalue weighted by molar-refractivity contribution is -0.139. The standard InChI is InChI=1S/C26H28F3N3O5/c27-26(28,29)19-2-1-3-20(14-19)30-24(35)31-21-7-6-18-15-32(11-10-17(18)13-21)25(36)37-22-8-4-16(5-9-22)12-23(33)34/h1-3,6-7,13-14,16,22H,4-5,8-12,15H2,(H,33,34)(H2,30,31,35)/t16-,22-. The molecule has 0 unspecified atom stereocenters. The van der Waals surface area contributed by atoms with E-state index in [1.165, 1.54) is 12.1 Å². The molecule has 198 valence electrons. The van der Waals surface area contributed by atoms with Crippen molar-refractivity contribution in [3.8, 4) is 0 Å². The number of hydrogen-bond donors (Lipinski definition) is 3. The average molecular weight is 520 g/mol. The molecule has 37 heavy (non-hydrogen) atoms. The summed E-state index contributed by atoms with van der Waals surface area (Å²) in [6, 6.07) is 8.97. The number of hydrogen-bond acceptors (Lipinski definition) is 4. The van der Waals surface area contributed by atoms with Gasteiger partial charge < -0.3 is 25.4 Å². The lowest BCUT2D eigenvalue weighted by Gasteiger charge is -2.32. The molecule has 0 radical (unpaired) electrons. The molecule has 2 aromatic carbocycles. The predicted octanol–water partition coefficient (Wildman–Crippen LogP) is 5.88. The first-order chi connectivity index (χ1) is 17.6. The number of nitrogens with one attached hydrogen (secondary N) is 2. The molecule has 1 aliphatic carbocycles.